The van der Waals surface area contributed by atoms with E-state index in [1.807, 2.05) is 18.2 Å². The van der Waals surface area contributed by atoms with Gasteiger partial charge in [0.25, 0.3) is 0 Å². The molecule has 1 aromatic carbocycles. The van der Waals surface area contributed by atoms with Crippen molar-refractivity contribution in [2.24, 2.45) is 5.92 Å². The summed E-state index contributed by atoms with van der Waals surface area (Å²) in [7, 11) is 3.20. The second kappa shape index (κ2) is 10.1. The van der Waals surface area contributed by atoms with E-state index in [0.29, 0.717) is 23.8 Å². The number of methoxy groups -OCH3 is 2. The van der Waals surface area contributed by atoms with Crippen LogP contribution < -0.4 is 14.8 Å². The molecule has 1 N–H and O–H groups in total. The lowest BCUT2D eigenvalue weighted by Crippen LogP contribution is -2.30. The van der Waals surface area contributed by atoms with E-state index in [1.54, 1.807) is 14.2 Å². The lowest BCUT2D eigenvalue weighted by Gasteiger charge is -2.15. The van der Waals surface area contributed by atoms with Gasteiger partial charge < -0.3 is 14.8 Å². The maximum absolute atomic E-state index is 12.1. The first-order valence-corrected chi connectivity index (χ1v) is 8.12. The van der Waals surface area contributed by atoms with Gasteiger partial charge in [0.1, 0.15) is 0 Å². The molecule has 1 atom stereocenters. The third kappa shape index (κ3) is 5.96. The van der Waals surface area contributed by atoms with E-state index in [4.69, 9.17) is 9.47 Å². The second-order valence-electron chi connectivity index (χ2n) is 5.59. The van der Waals surface area contributed by atoms with Crippen molar-refractivity contribution in [3.8, 4) is 11.5 Å². The minimum atomic E-state index is 0.0576. The van der Waals surface area contributed by atoms with Gasteiger partial charge in [-0.15, -0.1) is 0 Å². The molecule has 0 aliphatic carbocycles. The van der Waals surface area contributed by atoms with Gasteiger partial charge in [-0.05, 0) is 30.0 Å². The van der Waals surface area contributed by atoms with Crippen LogP contribution >= 0.6 is 0 Å². The highest BCUT2D eigenvalue weighted by Crippen LogP contribution is 2.27. The topological polar surface area (TPSA) is 47.6 Å². The molecule has 0 spiro atoms. The van der Waals surface area contributed by atoms with Crippen LogP contribution in [0, 0.1) is 5.92 Å². The van der Waals surface area contributed by atoms with E-state index >= 15 is 0 Å². The average molecular weight is 307 g/mol. The van der Waals surface area contributed by atoms with Gasteiger partial charge in [-0.1, -0.05) is 39.2 Å². The summed E-state index contributed by atoms with van der Waals surface area (Å²) in [6.45, 7) is 5.14. The number of unbranched alkanes of at least 4 members (excludes halogenated alkanes) is 1. The molecule has 0 heterocycles. The van der Waals surface area contributed by atoms with E-state index < -0.39 is 0 Å². The van der Waals surface area contributed by atoms with Crippen molar-refractivity contribution < 1.29 is 14.3 Å². The largest absolute Gasteiger partial charge is 0.493 e. The fourth-order valence-corrected chi connectivity index (χ4v) is 2.44. The summed E-state index contributed by atoms with van der Waals surface area (Å²) < 4.78 is 10.5. The fraction of sp³-hybridized carbons (Fsp3) is 0.611. The lowest BCUT2D eigenvalue weighted by molar-refractivity contribution is -0.120. The fourth-order valence-electron chi connectivity index (χ4n) is 2.44. The summed E-state index contributed by atoms with van der Waals surface area (Å²) in [5.74, 6) is 1.97. The molecule has 0 aliphatic rings. The van der Waals surface area contributed by atoms with Gasteiger partial charge in [0.05, 0.1) is 20.6 Å². The van der Waals surface area contributed by atoms with Crippen LogP contribution in [0.25, 0.3) is 0 Å². The molecule has 0 saturated heterocycles. The molecule has 0 fully saturated rings. The Morgan fingerprint density at radius 1 is 1.18 bits per heavy atom. The summed E-state index contributed by atoms with van der Waals surface area (Å²) in [6, 6.07) is 5.58. The highest BCUT2D eigenvalue weighted by atomic mass is 16.5. The molecule has 1 amide bonds. The predicted octanol–water partition coefficient (Wildman–Crippen LogP) is 3.58. The van der Waals surface area contributed by atoms with Gasteiger partial charge in [0.2, 0.25) is 5.91 Å². The number of hydrogen-bond donors (Lipinski definition) is 1. The molecule has 4 nitrogen and oxygen atoms in total. The van der Waals surface area contributed by atoms with Crippen LogP contribution in [0.2, 0.25) is 0 Å². The third-order valence-corrected chi connectivity index (χ3v) is 3.94. The van der Waals surface area contributed by atoms with Crippen molar-refractivity contribution in [1.82, 2.24) is 5.32 Å². The molecule has 0 aliphatic heterocycles. The van der Waals surface area contributed by atoms with Crippen molar-refractivity contribution in [2.45, 2.75) is 46.0 Å². The number of carbonyl (C=O) groups excluding carboxylic acids is 1. The SMILES string of the molecule is CCCCC(CC)CNC(=O)Cc1ccc(OC)c(OC)c1. The van der Waals surface area contributed by atoms with Crippen LogP contribution in [0.5, 0.6) is 11.5 Å². The molecule has 1 unspecified atom stereocenters. The average Bonchev–Trinajstić information content (AvgIpc) is 2.54. The number of carbonyl (C=O) groups is 1. The number of benzene rings is 1. The maximum atomic E-state index is 12.1. The van der Waals surface area contributed by atoms with E-state index in [-0.39, 0.29) is 5.91 Å². The molecular formula is C18H29NO3. The van der Waals surface area contributed by atoms with Crippen molar-refractivity contribution >= 4 is 5.91 Å². The van der Waals surface area contributed by atoms with Crippen LogP contribution in [-0.4, -0.2) is 26.7 Å². The van der Waals surface area contributed by atoms with Gasteiger partial charge in [0.15, 0.2) is 11.5 Å². The standard InChI is InChI=1S/C18H29NO3/c1-5-7-8-14(6-2)13-19-18(20)12-15-9-10-16(21-3)17(11-15)22-4/h9-11,14H,5-8,12-13H2,1-4H3,(H,19,20). The Hall–Kier alpha value is -1.71. The van der Waals surface area contributed by atoms with E-state index in [9.17, 15) is 4.79 Å². The molecule has 0 bridgehead atoms. The number of amides is 1. The summed E-state index contributed by atoms with van der Waals surface area (Å²) >= 11 is 0. The molecular weight excluding hydrogens is 278 g/mol. The van der Waals surface area contributed by atoms with Gasteiger partial charge in [-0.25, -0.2) is 0 Å². The quantitative estimate of drug-likeness (QED) is 0.719. The van der Waals surface area contributed by atoms with Gasteiger partial charge in [0, 0.05) is 6.54 Å². The third-order valence-electron chi connectivity index (χ3n) is 3.94. The summed E-state index contributed by atoms with van der Waals surface area (Å²) in [6.07, 6.45) is 5.09. The molecule has 22 heavy (non-hydrogen) atoms. The highest BCUT2D eigenvalue weighted by Gasteiger charge is 2.10. The summed E-state index contributed by atoms with van der Waals surface area (Å²) in [5.41, 5.74) is 0.928. The zero-order valence-electron chi connectivity index (χ0n) is 14.3. The van der Waals surface area contributed by atoms with E-state index in [0.717, 1.165) is 18.5 Å². The lowest BCUT2D eigenvalue weighted by atomic mass is 9.99. The first-order chi connectivity index (χ1) is 10.6. The van der Waals surface area contributed by atoms with Crippen molar-refractivity contribution in [2.75, 3.05) is 20.8 Å². The number of ether oxygens (including phenoxy) is 2. The van der Waals surface area contributed by atoms with Gasteiger partial charge in [-0.3, -0.25) is 4.79 Å². The maximum Gasteiger partial charge on any atom is 0.224 e. The Bertz CT molecular complexity index is 460. The van der Waals surface area contributed by atoms with Crippen LogP contribution in [0.4, 0.5) is 0 Å². The zero-order chi connectivity index (χ0) is 16.4. The molecule has 0 aromatic heterocycles. The second-order valence-corrected chi connectivity index (χ2v) is 5.59. The van der Waals surface area contributed by atoms with Crippen LogP contribution in [0.1, 0.15) is 45.1 Å². The van der Waals surface area contributed by atoms with Gasteiger partial charge >= 0.3 is 0 Å². The molecule has 1 rings (SSSR count). The smallest absolute Gasteiger partial charge is 0.224 e. The Kier molecular flexibility index (Phi) is 8.41. The predicted molar refractivity (Wildman–Crippen MR) is 89.6 cm³/mol. The number of hydrogen-bond acceptors (Lipinski definition) is 3. The van der Waals surface area contributed by atoms with Crippen molar-refractivity contribution in [3.05, 3.63) is 23.8 Å². The first kappa shape index (κ1) is 18.3. The van der Waals surface area contributed by atoms with E-state index in [2.05, 4.69) is 19.2 Å². The normalized spacial score (nSPS) is 11.8. The number of rotatable bonds is 10. The Morgan fingerprint density at radius 2 is 1.91 bits per heavy atom. The summed E-state index contributed by atoms with van der Waals surface area (Å²) in [5, 5.41) is 3.05. The zero-order valence-corrected chi connectivity index (χ0v) is 14.3. The summed E-state index contributed by atoms with van der Waals surface area (Å²) in [4.78, 5) is 12.1. The Balaban J connectivity index is 2.50. The van der Waals surface area contributed by atoms with Crippen LogP contribution in [0.3, 0.4) is 0 Å². The van der Waals surface area contributed by atoms with Crippen molar-refractivity contribution in [3.63, 3.8) is 0 Å². The molecule has 1 aromatic rings. The first-order valence-electron chi connectivity index (χ1n) is 8.12. The Labute approximate surface area is 134 Å². The molecule has 0 saturated carbocycles. The molecule has 0 radical (unpaired) electrons. The molecule has 4 heteroatoms. The monoisotopic (exact) mass is 307 g/mol. The van der Waals surface area contributed by atoms with Crippen LogP contribution in [0.15, 0.2) is 18.2 Å². The number of nitrogens with one attached hydrogen (secondary N) is 1. The highest BCUT2D eigenvalue weighted by molar-refractivity contribution is 5.78. The van der Waals surface area contributed by atoms with Crippen molar-refractivity contribution in [1.29, 1.82) is 0 Å². The Morgan fingerprint density at radius 3 is 2.50 bits per heavy atom. The van der Waals surface area contributed by atoms with E-state index in [1.165, 1.54) is 19.3 Å². The van der Waals surface area contributed by atoms with Gasteiger partial charge in [-0.2, -0.15) is 0 Å². The minimum absolute atomic E-state index is 0.0576. The molecule has 124 valence electrons. The minimum Gasteiger partial charge on any atom is -0.493 e. The van der Waals surface area contributed by atoms with Crippen LogP contribution in [-0.2, 0) is 11.2 Å².